The number of fused-ring (bicyclic) bond motifs is 1. The highest BCUT2D eigenvalue weighted by atomic mass is 19.3. The second kappa shape index (κ2) is 4.23. The SMILES string of the molecule is NC1(c2cnc3ccccc3c2)CCC(F)(F)CC1. The molecule has 1 aromatic heterocycles. The predicted molar refractivity (Wildman–Crippen MR) is 71.0 cm³/mol. The van der Waals surface area contributed by atoms with Crippen LogP contribution >= 0.6 is 0 Å². The molecule has 1 saturated carbocycles. The van der Waals surface area contributed by atoms with Gasteiger partial charge >= 0.3 is 0 Å². The number of benzene rings is 1. The van der Waals surface area contributed by atoms with E-state index in [0.717, 1.165) is 16.5 Å². The molecule has 0 amide bonds. The summed E-state index contributed by atoms with van der Waals surface area (Å²) in [5.74, 6) is -2.56. The summed E-state index contributed by atoms with van der Waals surface area (Å²) in [6, 6.07) is 9.73. The molecular weight excluding hydrogens is 246 g/mol. The maximum Gasteiger partial charge on any atom is 0.248 e. The van der Waals surface area contributed by atoms with Crippen molar-refractivity contribution in [2.45, 2.75) is 37.1 Å². The van der Waals surface area contributed by atoms with Crippen LogP contribution in [0.15, 0.2) is 36.5 Å². The van der Waals surface area contributed by atoms with Crippen LogP contribution in [0.5, 0.6) is 0 Å². The average molecular weight is 262 g/mol. The van der Waals surface area contributed by atoms with Gasteiger partial charge < -0.3 is 5.73 Å². The zero-order chi connectivity index (χ0) is 13.5. The summed E-state index contributed by atoms with van der Waals surface area (Å²) in [6.07, 6.45) is 2.05. The molecule has 1 fully saturated rings. The van der Waals surface area contributed by atoms with E-state index in [0.29, 0.717) is 12.8 Å². The van der Waals surface area contributed by atoms with Crippen LogP contribution in [0.1, 0.15) is 31.2 Å². The molecule has 0 bridgehead atoms. The van der Waals surface area contributed by atoms with Crippen molar-refractivity contribution >= 4 is 10.9 Å². The molecule has 0 saturated heterocycles. The third-order valence-electron chi connectivity index (χ3n) is 4.04. The number of pyridine rings is 1. The first kappa shape index (κ1) is 12.5. The Morgan fingerprint density at radius 2 is 1.74 bits per heavy atom. The monoisotopic (exact) mass is 262 g/mol. The molecule has 0 aliphatic heterocycles. The molecular formula is C15H16F2N2. The molecule has 1 aliphatic rings. The number of para-hydroxylation sites is 1. The molecule has 2 aromatic rings. The van der Waals surface area contributed by atoms with Crippen molar-refractivity contribution in [3.8, 4) is 0 Å². The molecule has 2 nitrogen and oxygen atoms in total. The lowest BCUT2D eigenvalue weighted by atomic mass is 9.76. The Morgan fingerprint density at radius 3 is 2.47 bits per heavy atom. The van der Waals surface area contributed by atoms with Gasteiger partial charge in [-0.15, -0.1) is 0 Å². The molecule has 0 unspecified atom stereocenters. The zero-order valence-corrected chi connectivity index (χ0v) is 10.6. The van der Waals surface area contributed by atoms with Gasteiger partial charge in [0, 0.05) is 30.0 Å². The Morgan fingerprint density at radius 1 is 1.05 bits per heavy atom. The quantitative estimate of drug-likeness (QED) is 0.852. The van der Waals surface area contributed by atoms with Crippen molar-refractivity contribution in [2.75, 3.05) is 0 Å². The van der Waals surface area contributed by atoms with Crippen molar-refractivity contribution < 1.29 is 8.78 Å². The number of nitrogens with zero attached hydrogens (tertiary/aromatic N) is 1. The largest absolute Gasteiger partial charge is 0.321 e. The van der Waals surface area contributed by atoms with E-state index in [-0.39, 0.29) is 12.8 Å². The van der Waals surface area contributed by atoms with Gasteiger partial charge in [0.1, 0.15) is 0 Å². The number of nitrogens with two attached hydrogens (primary N) is 1. The second-order valence-electron chi connectivity index (χ2n) is 5.43. The fourth-order valence-electron chi connectivity index (χ4n) is 2.69. The van der Waals surface area contributed by atoms with Crippen LogP contribution in [0.4, 0.5) is 8.78 Å². The summed E-state index contributed by atoms with van der Waals surface area (Å²) < 4.78 is 26.5. The third kappa shape index (κ3) is 2.32. The molecule has 3 rings (SSSR count). The Bertz CT molecular complexity index is 600. The van der Waals surface area contributed by atoms with Crippen LogP contribution < -0.4 is 5.73 Å². The lowest BCUT2D eigenvalue weighted by Crippen LogP contribution is -2.43. The Hall–Kier alpha value is -1.55. The first-order valence-corrected chi connectivity index (χ1v) is 6.51. The van der Waals surface area contributed by atoms with Crippen LogP contribution in [0.25, 0.3) is 10.9 Å². The Balaban J connectivity index is 1.95. The van der Waals surface area contributed by atoms with Gasteiger partial charge in [0.2, 0.25) is 5.92 Å². The number of hydrogen-bond donors (Lipinski definition) is 1. The van der Waals surface area contributed by atoms with Gasteiger partial charge in [0.25, 0.3) is 0 Å². The van der Waals surface area contributed by atoms with E-state index in [4.69, 9.17) is 5.73 Å². The summed E-state index contributed by atoms with van der Waals surface area (Å²) in [4.78, 5) is 4.37. The molecule has 1 aromatic carbocycles. The van der Waals surface area contributed by atoms with Crippen LogP contribution in [0, 0.1) is 0 Å². The highest BCUT2D eigenvalue weighted by Gasteiger charge is 2.42. The third-order valence-corrected chi connectivity index (χ3v) is 4.04. The van der Waals surface area contributed by atoms with Crippen molar-refractivity contribution in [1.82, 2.24) is 4.98 Å². The first-order valence-electron chi connectivity index (χ1n) is 6.51. The van der Waals surface area contributed by atoms with Crippen LogP contribution in [0.2, 0.25) is 0 Å². The molecule has 19 heavy (non-hydrogen) atoms. The second-order valence-corrected chi connectivity index (χ2v) is 5.43. The summed E-state index contributed by atoms with van der Waals surface area (Å²) in [5.41, 5.74) is 7.41. The van der Waals surface area contributed by atoms with Crippen LogP contribution in [-0.4, -0.2) is 10.9 Å². The minimum atomic E-state index is -2.56. The molecule has 2 N–H and O–H groups in total. The topological polar surface area (TPSA) is 38.9 Å². The highest BCUT2D eigenvalue weighted by molar-refractivity contribution is 5.79. The average Bonchev–Trinajstić information content (AvgIpc) is 2.42. The van der Waals surface area contributed by atoms with Crippen molar-refractivity contribution in [2.24, 2.45) is 5.73 Å². The van der Waals surface area contributed by atoms with Gasteiger partial charge in [-0.3, -0.25) is 4.98 Å². The number of rotatable bonds is 1. The highest BCUT2D eigenvalue weighted by Crippen LogP contribution is 2.42. The molecule has 0 radical (unpaired) electrons. The molecule has 0 atom stereocenters. The van der Waals surface area contributed by atoms with E-state index in [2.05, 4.69) is 4.98 Å². The van der Waals surface area contributed by atoms with Crippen molar-refractivity contribution in [1.29, 1.82) is 0 Å². The standard InChI is InChI=1S/C15H16F2N2/c16-15(17)7-5-14(18,6-8-15)12-9-11-3-1-2-4-13(11)19-10-12/h1-4,9-10H,5-8,18H2. The molecule has 100 valence electrons. The summed E-state index contributed by atoms with van der Waals surface area (Å²) in [7, 11) is 0. The van der Waals surface area contributed by atoms with Gasteiger partial charge in [-0.1, -0.05) is 18.2 Å². The van der Waals surface area contributed by atoms with Crippen LogP contribution in [-0.2, 0) is 5.54 Å². The fourth-order valence-corrected chi connectivity index (χ4v) is 2.69. The van der Waals surface area contributed by atoms with Gasteiger partial charge in [0.05, 0.1) is 5.52 Å². The number of halogens is 2. The number of hydrogen-bond acceptors (Lipinski definition) is 2. The van der Waals surface area contributed by atoms with Crippen molar-refractivity contribution in [3.63, 3.8) is 0 Å². The van der Waals surface area contributed by atoms with Gasteiger partial charge in [-0.05, 0) is 30.5 Å². The summed E-state index contributed by atoms with van der Waals surface area (Å²) >= 11 is 0. The maximum atomic E-state index is 13.2. The van der Waals surface area contributed by atoms with E-state index in [1.165, 1.54) is 0 Å². The maximum absolute atomic E-state index is 13.2. The minimum Gasteiger partial charge on any atom is -0.321 e. The van der Waals surface area contributed by atoms with Crippen LogP contribution in [0.3, 0.4) is 0 Å². The van der Waals surface area contributed by atoms with Gasteiger partial charge in [-0.2, -0.15) is 0 Å². The zero-order valence-electron chi connectivity index (χ0n) is 10.6. The Kier molecular flexibility index (Phi) is 2.78. The Labute approximate surface area is 110 Å². The minimum absolute atomic E-state index is 0.143. The van der Waals surface area contributed by atoms with Gasteiger partial charge in [-0.25, -0.2) is 8.78 Å². The van der Waals surface area contributed by atoms with E-state index in [9.17, 15) is 8.78 Å². The molecule has 1 aliphatic carbocycles. The van der Waals surface area contributed by atoms with E-state index < -0.39 is 11.5 Å². The first-order chi connectivity index (χ1) is 8.99. The fraction of sp³-hybridized carbons (Fsp3) is 0.400. The molecule has 0 spiro atoms. The van der Waals surface area contributed by atoms with Crippen molar-refractivity contribution in [3.05, 3.63) is 42.1 Å². The lowest BCUT2D eigenvalue weighted by Gasteiger charge is -2.37. The smallest absolute Gasteiger partial charge is 0.248 e. The summed E-state index contributed by atoms with van der Waals surface area (Å²) in [5, 5.41) is 1.00. The normalized spacial score (nSPS) is 21.4. The molecule has 1 heterocycles. The van der Waals surface area contributed by atoms with E-state index in [1.54, 1.807) is 6.20 Å². The summed E-state index contributed by atoms with van der Waals surface area (Å²) in [6.45, 7) is 0. The molecule has 4 heteroatoms. The van der Waals surface area contributed by atoms with E-state index >= 15 is 0 Å². The lowest BCUT2D eigenvalue weighted by molar-refractivity contribution is -0.0514. The number of alkyl halides is 2. The van der Waals surface area contributed by atoms with Gasteiger partial charge in [0.15, 0.2) is 0 Å². The number of aromatic nitrogens is 1. The predicted octanol–water partition coefficient (Wildman–Crippen LogP) is 3.60. The van der Waals surface area contributed by atoms with E-state index in [1.807, 2.05) is 30.3 Å².